The first-order chi connectivity index (χ1) is 8.88. The van der Waals surface area contributed by atoms with E-state index in [9.17, 15) is 4.79 Å². The molecule has 1 aliphatic rings. The average Bonchev–Trinajstić information content (AvgIpc) is 2.72. The Labute approximate surface area is 113 Å². The van der Waals surface area contributed by atoms with Crippen molar-refractivity contribution in [2.75, 3.05) is 19.7 Å². The minimum absolute atomic E-state index is 0.0625. The summed E-state index contributed by atoms with van der Waals surface area (Å²) in [5.41, 5.74) is -0.138. The third-order valence-electron chi connectivity index (χ3n) is 3.13. The van der Waals surface area contributed by atoms with E-state index in [1.54, 1.807) is 4.90 Å². The number of carbonyl (C=O) groups excluding carboxylic acids is 1. The molecule has 1 aliphatic heterocycles. The molecule has 0 radical (unpaired) electrons. The first-order valence-corrected chi connectivity index (χ1v) is 6.71. The van der Waals surface area contributed by atoms with Gasteiger partial charge >= 0.3 is 0 Å². The van der Waals surface area contributed by atoms with Crippen LogP contribution in [0, 0.1) is 0 Å². The summed E-state index contributed by atoms with van der Waals surface area (Å²) in [6, 6.07) is 0. The number of carbonyl (C=O) groups is 1. The number of amides is 1. The van der Waals surface area contributed by atoms with Crippen molar-refractivity contribution in [1.29, 1.82) is 0 Å². The van der Waals surface area contributed by atoms with Crippen molar-refractivity contribution >= 4 is 5.91 Å². The van der Waals surface area contributed by atoms with Gasteiger partial charge in [-0.3, -0.25) is 9.89 Å². The average molecular weight is 266 g/mol. The number of nitrogens with one attached hydrogen (secondary N) is 1. The largest absolute Gasteiger partial charge is 0.377 e. The molecule has 6 nitrogen and oxygen atoms in total. The highest BCUT2D eigenvalue weighted by atomic mass is 16.5. The SMILES string of the molecule is CC1CN(C(=O)c2n[nH]c(C(C)(C)C)n2)CCCO1. The second kappa shape index (κ2) is 5.28. The molecule has 0 bridgehead atoms. The second-order valence-electron chi connectivity index (χ2n) is 6.04. The van der Waals surface area contributed by atoms with Crippen LogP contribution in [0.5, 0.6) is 0 Å². The van der Waals surface area contributed by atoms with Gasteiger partial charge in [0.1, 0.15) is 5.82 Å². The molecule has 1 amide bonds. The third-order valence-corrected chi connectivity index (χ3v) is 3.13. The molecule has 1 N–H and O–H groups in total. The zero-order chi connectivity index (χ0) is 14.0. The van der Waals surface area contributed by atoms with Crippen LogP contribution in [-0.2, 0) is 10.2 Å². The lowest BCUT2D eigenvalue weighted by molar-refractivity contribution is 0.0556. The predicted octanol–water partition coefficient (Wildman–Crippen LogP) is 1.35. The number of aromatic nitrogens is 3. The Morgan fingerprint density at radius 2 is 2.21 bits per heavy atom. The highest BCUT2D eigenvalue weighted by Crippen LogP contribution is 2.18. The number of aromatic amines is 1. The maximum Gasteiger partial charge on any atom is 0.293 e. The van der Waals surface area contributed by atoms with Crippen LogP contribution in [-0.4, -0.2) is 51.8 Å². The second-order valence-corrected chi connectivity index (χ2v) is 6.04. The van der Waals surface area contributed by atoms with E-state index in [-0.39, 0.29) is 23.3 Å². The number of hydrogen-bond donors (Lipinski definition) is 1. The van der Waals surface area contributed by atoms with Gasteiger partial charge in [-0.15, -0.1) is 5.10 Å². The Bertz CT molecular complexity index is 450. The molecule has 0 spiro atoms. The van der Waals surface area contributed by atoms with E-state index in [1.807, 2.05) is 27.7 Å². The van der Waals surface area contributed by atoms with Crippen molar-refractivity contribution in [2.24, 2.45) is 0 Å². The van der Waals surface area contributed by atoms with Gasteiger partial charge in [-0.25, -0.2) is 4.98 Å². The minimum Gasteiger partial charge on any atom is -0.377 e. The fraction of sp³-hybridized carbons (Fsp3) is 0.769. The quantitative estimate of drug-likeness (QED) is 0.833. The number of H-pyrrole nitrogens is 1. The molecule has 0 saturated carbocycles. The van der Waals surface area contributed by atoms with Crippen LogP contribution in [0.2, 0.25) is 0 Å². The van der Waals surface area contributed by atoms with Gasteiger partial charge in [0.15, 0.2) is 0 Å². The third kappa shape index (κ3) is 3.32. The van der Waals surface area contributed by atoms with Gasteiger partial charge < -0.3 is 9.64 Å². The summed E-state index contributed by atoms with van der Waals surface area (Å²) in [6.45, 7) is 10.1. The molecule has 1 aromatic heterocycles. The van der Waals surface area contributed by atoms with E-state index in [4.69, 9.17) is 4.74 Å². The van der Waals surface area contributed by atoms with E-state index in [0.717, 1.165) is 12.2 Å². The summed E-state index contributed by atoms with van der Waals surface area (Å²) < 4.78 is 5.54. The first kappa shape index (κ1) is 14.0. The predicted molar refractivity (Wildman–Crippen MR) is 71.0 cm³/mol. The molecule has 1 aromatic rings. The van der Waals surface area contributed by atoms with Gasteiger partial charge in [-0.1, -0.05) is 20.8 Å². The first-order valence-electron chi connectivity index (χ1n) is 6.71. The van der Waals surface area contributed by atoms with Crippen LogP contribution in [0.3, 0.4) is 0 Å². The lowest BCUT2D eigenvalue weighted by Gasteiger charge is -2.20. The van der Waals surface area contributed by atoms with E-state index >= 15 is 0 Å². The van der Waals surface area contributed by atoms with Crippen molar-refractivity contribution in [3.8, 4) is 0 Å². The Kier molecular flexibility index (Phi) is 3.89. The van der Waals surface area contributed by atoms with Crippen LogP contribution in [0.25, 0.3) is 0 Å². The van der Waals surface area contributed by atoms with Crippen LogP contribution in [0.15, 0.2) is 0 Å². The summed E-state index contributed by atoms with van der Waals surface area (Å²) in [5, 5.41) is 6.90. The summed E-state index contributed by atoms with van der Waals surface area (Å²) in [6.07, 6.45) is 0.916. The zero-order valence-electron chi connectivity index (χ0n) is 12.1. The standard InChI is InChI=1S/C13H22N4O2/c1-9-8-17(6-5-7-19-9)11(18)10-14-12(16-15-10)13(2,3)4/h9H,5-8H2,1-4H3,(H,14,15,16). The van der Waals surface area contributed by atoms with Crippen LogP contribution in [0.4, 0.5) is 0 Å². The van der Waals surface area contributed by atoms with Crippen LogP contribution < -0.4 is 0 Å². The van der Waals surface area contributed by atoms with E-state index in [0.29, 0.717) is 19.7 Å². The molecular formula is C13H22N4O2. The van der Waals surface area contributed by atoms with Gasteiger partial charge in [-0.2, -0.15) is 0 Å². The maximum absolute atomic E-state index is 12.4. The van der Waals surface area contributed by atoms with Crippen molar-refractivity contribution in [2.45, 2.75) is 45.6 Å². The number of rotatable bonds is 1. The molecule has 2 rings (SSSR count). The number of nitrogens with zero attached hydrogens (tertiary/aromatic N) is 3. The lowest BCUT2D eigenvalue weighted by Crippen LogP contribution is -2.36. The van der Waals surface area contributed by atoms with Crippen LogP contribution in [0.1, 0.15) is 50.6 Å². The smallest absolute Gasteiger partial charge is 0.293 e. The number of ether oxygens (including phenoxy) is 1. The summed E-state index contributed by atoms with van der Waals surface area (Å²) >= 11 is 0. The molecule has 1 fully saturated rings. The summed E-state index contributed by atoms with van der Waals surface area (Å²) in [5.74, 6) is 0.859. The van der Waals surface area contributed by atoms with Crippen molar-refractivity contribution in [1.82, 2.24) is 20.1 Å². The zero-order valence-corrected chi connectivity index (χ0v) is 12.1. The monoisotopic (exact) mass is 266 g/mol. The molecule has 19 heavy (non-hydrogen) atoms. The molecule has 1 unspecified atom stereocenters. The van der Waals surface area contributed by atoms with Crippen molar-refractivity contribution < 1.29 is 9.53 Å². The highest BCUT2D eigenvalue weighted by Gasteiger charge is 2.26. The summed E-state index contributed by atoms with van der Waals surface area (Å²) in [7, 11) is 0. The fourth-order valence-corrected chi connectivity index (χ4v) is 2.01. The van der Waals surface area contributed by atoms with Crippen molar-refractivity contribution in [3.05, 3.63) is 11.6 Å². The molecule has 2 heterocycles. The molecule has 0 aromatic carbocycles. The van der Waals surface area contributed by atoms with Crippen LogP contribution >= 0.6 is 0 Å². The normalized spacial score (nSPS) is 21.3. The summed E-state index contributed by atoms with van der Waals surface area (Å²) in [4.78, 5) is 18.4. The van der Waals surface area contributed by atoms with E-state index in [2.05, 4.69) is 15.2 Å². The highest BCUT2D eigenvalue weighted by molar-refractivity contribution is 5.90. The molecule has 6 heteroatoms. The van der Waals surface area contributed by atoms with Crippen molar-refractivity contribution in [3.63, 3.8) is 0 Å². The fourth-order valence-electron chi connectivity index (χ4n) is 2.01. The molecule has 0 aliphatic carbocycles. The Morgan fingerprint density at radius 3 is 2.84 bits per heavy atom. The molecule has 1 atom stereocenters. The number of hydrogen-bond acceptors (Lipinski definition) is 4. The van der Waals surface area contributed by atoms with Gasteiger partial charge in [0.25, 0.3) is 5.91 Å². The topological polar surface area (TPSA) is 71.1 Å². The Morgan fingerprint density at radius 1 is 1.47 bits per heavy atom. The van der Waals surface area contributed by atoms with Gasteiger partial charge in [0.05, 0.1) is 6.10 Å². The molecule has 106 valence electrons. The van der Waals surface area contributed by atoms with Gasteiger partial charge in [0.2, 0.25) is 5.82 Å². The van der Waals surface area contributed by atoms with E-state index in [1.165, 1.54) is 0 Å². The minimum atomic E-state index is -0.138. The maximum atomic E-state index is 12.4. The molecule has 1 saturated heterocycles. The van der Waals surface area contributed by atoms with Gasteiger partial charge in [0, 0.05) is 25.1 Å². The van der Waals surface area contributed by atoms with E-state index < -0.39 is 0 Å². The lowest BCUT2D eigenvalue weighted by atomic mass is 9.96. The molecular weight excluding hydrogens is 244 g/mol. The Hall–Kier alpha value is -1.43. The Balaban J connectivity index is 2.12. The van der Waals surface area contributed by atoms with Gasteiger partial charge in [-0.05, 0) is 13.3 Å².